The third-order valence-corrected chi connectivity index (χ3v) is 1.55. The molecule has 5 heteroatoms. The quantitative estimate of drug-likeness (QED) is 0.732. The Morgan fingerprint density at radius 3 is 3.00 bits per heavy atom. The molecule has 76 valence electrons. The Bertz CT molecular complexity index is 330. The fraction of sp³-hybridized carbons (Fsp3) is 0.333. The summed E-state index contributed by atoms with van der Waals surface area (Å²) < 4.78 is 17.2. The topological polar surface area (TPSA) is 59.4 Å². The number of hydrogen-bond acceptors (Lipinski definition) is 4. The monoisotopic (exact) mass is 199 g/mol. The minimum Gasteiger partial charge on any atom is -0.464 e. The molecule has 0 aliphatic heterocycles. The molecule has 0 radical (unpaired) electrons. The van der Waals surface area contributed by atoms with Gasteiger partial charge in [-0.05, 0) is 13.0 Å². The van der Waals surface area contributed by atoms with Crippen molar-refractivity contribution in [2.75, 3.05) is 6.61 Å². The summed E-state index contributed by atoms with van der Waals surface area (Å²) in [5.41, 5.74) is 0.0865. The fourth-order valence-corrected chi connectivity index (χ4v) is 0.935. The van der Waals surface area contributed by atoms with Crippen LogP contribution in [-0.4, -0.2) is 22.7 Å². The first-order chi connectivity index (χ1) is 6.65. The standard InChI is InChI=1S/C9H10FNO3/c1-2-14-9(13)8(12)6-3-7(10)5-11-4-6/h3-5,8,12H,2H2,1H3. The van der Waals surface area contributed by atoms with E-state index in [1.165, 1.54) is 6.20 Å². The van der Waals surface area contributed by atoms with E-state index >= 15 is 0 Å². The number of halogens is 1. The van der Waals surface area contributed by atoms with Crippen molar-refractivity contribution in [1.82, 2.24) is 4.98 Å². The molecular weight excluding hydrogens is 189 g/mol. The summed E-state index contributed by atoms with van der Waals surface area (Å²) in [5.74, 6) is -1.41. The highest BCUT2D eigenvalue weighted by molar-refractivity contribution is 5.76. The van der Waals surface area contributed by atoms with Crippen molar-refractivity contribution in [1.29, 1.82) is 0 Å². The van der Waals surface area contributed by atoms with E-state index < -0.39 is 17.9 Å². The molecule has 0 aliphatic carbocycles. The molecule has 0 spiro atoms. The summed E-state index contributed by atoms with van der Waals surface area (Å²) in [4.78, 5) is 14.5. The molecule has 0 bridgehead atoms. The van der Waals surface area contributed by atoms with Crippen molar-refractivity contribution in [3.8, 4) is 0 Å². The number of aliphatic hydroxyl groups excluding tert-OH is 1. The first-order valence-corrected chi connectivity index (χ1v) is 4.10. The largest absolute Gasteiger partial charge is 0.464 e. The Balaban J connectivity index is 2.78. The van der Waals surface area contributed by atoms with Crippen LogP contribution in [-0.2, 0) is 9.53 Å². The molecule has 4 nitrogen and oxygen atoms in total. The molecule has 0 aliphatic rings. The number of nitrogens with zero attached hydrogens (tertiary/aromatic N) is 1. The Hall–Kier alpha value is -1.49. The van der Waals surface area contributed by atoms with Gasteiger partial charge in [0.1, 0.15) is 5.82 Å². The van der Waals surface area contributed by atoms with E-state index in [9.17, 15) is 14.3 Å². The number of esters is 1. The van der Waals surface area contributed by atoms with Crippen molar-refractivity contribution in [2.24, 2.45) is 0 Å². The summed E-state index contributed by atoms with van der Waals surface area (Å²) in [6.07, 6.45) is 0.727. The molecule has 1 rings (SSSR count). The summed E-state index contributed by atoms with van der Waals surface area (Å²) in [6, 6.07) is 1.04. The van der Waals surface area contributed by atoms with Crippen molar-refractivity contribution in [3.63, 3.8) is 0 Å². The molecule has 0 saturated heterocycles. The van der Waals surface area contributed by atoms with Crippen molar-refractivity contribution < 1.29 is 19.0 Å². The number of pyridine rings is 1. The maximum absolute atomic E-state index is 12.7. The third kappa shape index (κ3) is 2.50. The summed E-state index contributed by atoms with van der Waals surface area (Å²) >= 11 is 0. The number of aliphatic hydroxyl groups is 1. The lowest BCUT2D eigenvalue weighted by Gasteiger charge is -2.08. The average Bonchev–Trinajstić information content (AvgIpc) is 2.17. The van der Waals surface area contributed by atoms with Gasteiger partial charge in [-0.1, -0.05) is 0 Å². The second-order valence-corrected chi connectivity index (χ2v) is 2.59. The molecule has 1 N–H and O–H groups in total. The minimum absolute atomic E-state index is 0.0865. The highest BCUT2D eigenvalue weighted by atomic mass is 19.1. The smallest absolute Gasteiger partial charge is 0.339 e. The van der Waals surface area contributed by atoms with Crippen LogP contribution in [0.2, 0.25) is 0 Å². The molecule has 0 fully saturated rings. The van der Waals surface area contributed by atoms with Gasteiger partial charge in [0.2, 0.25) is 0 Å². The Kier molecular flexibility index (Phi) is 3.53. The van der Waals surface area contributed by atoms with E-state index in [1.54, 1.807) is 6.92 Å². The Labute approximate surface area is 80.3 Å². The summed E-state index contributed by atoms with van der Waals surface area (Å²) in [7, 11) is 0. The fourth-order valence-electron chi connectivity index (χ4n) is 0.935. The SMILES string of the molecule is CCOC(=O)C(O)c1cncc(F)c1. The normalized spacial score (nSPS) is 12.2. The van der Waals surface area contributed by atoms with Gasteiger partial charge in [0.05, 0.1) is 12.8 Å². The van der Waals surface area contributed by atoms with Gasteiger partial charge >= 0.3 is 5.97 Å². The van der Waals surface area contributed by atoms with Gasteiger partial charge in [-0.3, -0.25) is 4.98 Å². The Morgan fingerprint density at radius 1 is 1.71 bits per heavy atom. The lowest BCUT2D eigenvalue weighted by atomic mass is 10.2. The van der Waals surface area contributed by atoms with Gasteiger partial charge in [0.15, 0.2) is 6.10 Å². The molecule has 0 amide bonds. The van der Waals surface area contributed by atoms with Crippen LogP contribution in [0.1, 0.15) is 18.6 Å². The van der Waals surface area contributed by atoms with Crippen molar-refractivity contribution in [3.05, 3.63) is 29.8 Å². The van der Waals surface area contributed by atoms with Crippen LogP contribution in [0.5, 0.6) is 0 Å². The van der Waals surface area contributed by atoms with Gasteiger partial charge in [0.25, 0.3) is 0 Å². The molecular formula is C9H10FNO3. The minimum atomic E-state index is -1.47. The third-order valence-electron chi connectivity index (χ3n) is 1.55. The van der Waals surface area contributed by atoms with E-state index in [0.29, 0.717) is 0 Å². The maximum Gasteiger partial charge on any atom is 0.339 e. The Morgan fingerprint density at radius 2 is 2.43 bits per heavy atom. The van der Waals surface area contributed by atoms with Crippen LogP contribution in [0.3, 0.4) is 0 Å². The van der Waals surface area contributed by atoms with Crippen LogP contribution in [0.15, 0.2) is 18.5 Å². The zero-order valence-electron chi connectivity index (χ0n) is 7.61. The zero-order valence-corrected chi connectivity index (χ0v) is 7.61. The number of rotatable bonds is 3. The summed E-state index contributed by atoms with van der Waals surface area (Å²) in [5, 5.41) is 9.36. The predicted octanol–water partition coefficient (Wildman–Crippen LogP) is 0.817. The molecule has 1 heterocycles. The molecule has 0 saturated carbocycles. The van der Waals surface area contributed by atoms with Crippen LogP contribution < -0.4 is 0 Å². The van der Waals surface area contributed by atoms with Crippen molar-refractivity contribution in [2.45, 2.75) is 13.0 Å². The predicted molar refractivity (Wildman–Crippen MR) is 45.8 cm³/mol. The van der Waals surface area contributed by atoms with Crippen LogP contribution in [0.25, 0.3) is 0 Å². The van der Waals surface area contributed by atoms with Gasteiger partial charge in [-0.25, -0.2) is 9.18 Å². The number of aromatic nitrogens is 1. The van der Waals surface area contributed by atoms with E-state index in [2.05, 4.69) is 9.72 Å². The van der Waals surface area contributed by atoms with Crippen molar-refractivity contribution >= 4 is 5.97 Å². The van der Waals surface area contributed by atoms with Gasteiger partial charge in [-0.2, -0.15) is 0 Å². The number of carbonyl (C=O) groups is 1. The van der Waals surface area contributed by atoms with Crippen LogP contribution >= 0.6 is 0 Å². The van der Waals surface area contributed by atoms with E-state index in [0.717, 1.165) is 12.3 Å². The molecule has 1 atom stereocenters. The van der Waals surface area contributed by atoms with Gasteiger partial charge in [-0.15, -0.1) is 0 Å². The highest BCUT2D eigenvalue weighted by Crippen LogP contribution is 2.13. The first kappa shape index (κ1) is 10.6. The number of ether oxygens (including phenoxy) is 1. The van der Waals surface area contributed by atoms with Crippen LogP contribution in [0, 0.1) is 5.82 Å². The molecule has 14 heavy (non-hydrogen) atoms. The zero-order chi connectivity index (χ0) is 10.6. The second-order valence-electron chi connectivity index (χ2n) is 2.59. The van der Waals surface area contributed by atoms with E-state index in [4.69, 9.17) is 0 Å². The number of carbonyl (C=O) groups excluding carboxylic acids is 1. The van der Waals surface area contributed by atoms with E-state index in [-0.39, 0.29) is 12.2 Å². The number of hydrogen-bond donors (Lipinski definition) is 1. The highest BCUT2D eigenvalue weighted by Gasteiger charge is 2.19. The second kappa shape index (κ2) is 4.66. The summed E-state index contributed by atoms with van der Waals surface area (Å²) in [6.45, 7) is 1.78. The maximum atomic E-state index is 12.7. The van der Waals surface area contributed by atoms with Gasteiger partial charge in [0, 0.05) is 11.8 Å². The molecule has 1 aromatic heterocycles. The molecule has 1 aromatic rings. The van der Waals surface area contributed by atoms with E-state index in [1.807, 2.05) is 0 Å². The van der Waals surface area contributed by atoms with Gasteiger partial charge < -0.3 is 9.84 Å². The first-order valence-electron chi connectivity index (χ1n) is 4.10. The lowest BCUT2D eigenvalue weighted by Crippen LogP contribution is -2.15. The lowest BCUT2D eigenvalue weighted by molar-refractivity contribution is -0.153. The van der Waals surface area contributed by atoms with Crippen LogP contribution in [0.4, 0.5) is 4.39 Å². The molecule has 1 unspecified atom stereocenters. The average molecular weight is 199 g/mol. The molecule has 0 aromatic carbocycles.